The van der Waals surface area contributed by atoms with E-state index < -0.39 is 45.7 Å². The summed E-state index contributed by atoms with van der Waals surface area (Å²) < 4.78 is 5.23. The van der Waals surface area contributed by atoms with Gasteiger partial charge in [0.2, 0.25) is 5.91 Å². The molecule has 9 nitrogen and oxygen atoms in total. The number of benzene rings is 1. The number of fused-ring (bicyclic) bond motifs is 1. The molecule has 148 valence electrons. The van der Waals surface area contributed by atoms with Gasteiger partial charge in [-0.1, -0.05) is 36.1 Å². The number of nitro benzene ring substituents is 1. The van der Waals surface area contributed by atoms with Gasteiger partial charge >= 0.3 is 11.9 Å². The van der Waals surface area contributed by atoms with E-state index in [0.29, 0.717) is 5.56 Å². The van der Waals surface area contributed by atoms with Gasteiger partial charge < -0.3 is 14.7 Å². The summed E-state index contributed by atoms with van der Waals surface area (Å²) in [6.07, 6.45) is -0.811. The summed E-state index contributed by atoms with van der Waals surface area (Å²) in [7, 11) is 0. The summed E-state index contributed by atoms with van der Waals surface area (Å²) in [6.45, 7) is 2.82. The van der Waals surface area contributed by atoms with Gasteiger partial charge in [0.25, 0.3) is 5.69 Å². The molecule has 0 aliphatic carbocycles. The number of nitro groups is 1. The molecule has 2 heterocycles. The first-order valence-corrected chi connectivity index (χ1v) is 9.56. The molecule has 0 spiro atoms. The number of carboxylic acids is 1. The third-order valence-electron chi connectivity index (χ3n) is 4.88. The molecule has 11 heteroatoms. The number of nitrogens with zero attached hydrogens (tertiary/aromatic N) is 2. The van der Waals surface area contributed by atoms with E-state index in [-0.39, 0.29) is 16.3 Å². The molecule has 3 rings (SSSR count). The quantitative estimate of drug-likeness (QED) is 0.239. The number of carbonyl (C=O) groups excluding carboxylic acids is 2. The van der Waals surface area contributed by atoms with Crippen molar-refractivity contribution in [1.29, 1.82) is 0 Å². The maximum Gasteiger partial charge on any atom is 0.336 e. The van der Waals surface area contributed by atoms with Crippen molar-refractivity contribution in [3.63, 3.8) is 0 Å². The van der Waals surface area contributed by atoms with E-state index >= 15 is 0 Å². The maximum atomic E-state index is 12.8. The zero-order chi connectivity index (χ0) is 20.8. The number of aliphatic carboxylic acids is 1. The molecule has 0 aromatic heterocycles. The molecule has 1 aromatic rings. The Morgan fingerprint density at radius 3 is 2.54 bits per heavy atom. The first-order chi connectivity index (χ1) is 13.1. The number of amides is 1. The van der Waals surface area contributed by atoms with Crippen molar-refractivity contribution in [3.8, 4) is 0 Å². The van der Waals surface area contributed by atoms with Crippen molar-refractivity contribution in [3.05, 3.63) is 39.9 Å². The van der Waals surface area contributed by atoms with E-state index in [2.05, 4.69) is 0 Å². The van der Waals surface area contributed by atoms with Gasteiger partial charge in [0.15, 0.2) is 5.54 Å². The lowest BCUT2D eigenvalue weighted by molar-refractivity contribution is -0.384. The highest BCUT2D eigenvalue weighted by Crippen LogP contribution is 2.53. The highest BCUT2D eigenvalue weighted by Gasteiger charge is 2.69. The Hall–Kier alpha value is -2.53. The van der Waals surface area contributed by atoms with E-state index in [9.17, 15) is 29.6 Å². The topological polar surface area (TPSA) is 127 Å². The van der Waals surface area contributed by atoms with Gasteiger partial charge in [-0.3, -0.25) is 19.7 Å². The number of β-lactam (4-membered cyclic amide) rings is 1. The molecule has 2 aliphatic heterocycles. The molecular formula is C17H16N2O7S2. The monoisotopic (exact) mass is 424 g/mol. The predicted octanol–water partition coefficient (Wildman–Crippen LogP) is 1.77. The highest BCUT2D eigenvalue weighted by atomic mass is 32.2. The van der Waals surface area contributed by atoms with E-state index in [0.717, 1.165) is 11.8 Å². The molecule has 0 saturated carbocycles. The summed E-state index contributed by atoms with van der Waals surface area (Å²) in [5.74, 6) is -2.92. The number of ether oxygens (including phenoxy) is 1. The van der Waals surface area contributed by atoms with Crippen LogP contribution in [0.4, 0.5) is 5.69 Å². The van der Waals surface area contributed by atoms with Crippen LogP contribution in [0.3, 0.4) is 0 Å². The van der Waals surface area contributed by atoms with Gasteiger partial charge in [0, 0.05) is 25.5 Å². The van der Waals surface area contributed by atoms with E-state index in [4.69, 9.17) is 17.0 Å². The normalized spacial score (nSPS) is 27.0. The molecule has 4 atom stereocenters. The van der Waals surface area contributed by atoms with Gasteiger partial charge in [0.1, 0.15) is 12.0 Å². The lowest BCUT2D eigenvalue weighted by atomic mass is 9.82. The molecule has 3 unspecified atom stereocenters. The predicted molar refractivity (Wildman–Crippen MR) is 103 cm³/mol. The van der Waals surface area contributed by atoms with Crippen LogP contribution < -0.4 is 0 Å². The molecule has 1 aromatic carbocycles. The van der Waals surface area contributed by atoms with Crippen molar-refractivity contribution in [2.75, 3.05) is 0 Å². The number of thiocarbonyl (C=S) groups is 1. The van der Waals surface area contributed by atoms with Gasteiger partial charge in [-0.15, -0.1) is 0 Å². The second-order valence-electron chi connectivity index (χ2n) is 6.61. The van der Waals surface area contributed by atoms with Crippen molar-refractivity contribution >= 4 is 51.7 Å². The lowest BCUT2D eigenvalue weighted by Gasteiger charge is -2.49. The number of carboxylic acid groups (broad SMARTS) is 1. The SMILES string of the molecule is CC(=O)OC(C)C1C(=O)N2[C@@H]1SC(=S)C2(Cc1ccc([N+](=O)[O-])cc1)C(=O)O. The van der Waals surface area contributed by atoms with Crippen LogP contribution >= 0.6 is 24.0 Å². The van der Waals surface area contributed by atoms with Crippen LogP contribution in [0.25, 0.3) is 0 Å². The highest BCUT2D eigenvalue weighted by molar-refractivity contribution is 8.24. The van der Waals surface area contributed by atoms with Gasteiger partial charge in [-0.05, 0) is 12.5 Å². The van der Waals surface area contributed by atoms with Crippen molar-refractivity contribution in [2.24, 2.45) is 5.92 Å². The fraction of sp³-hybridized carbons (Fsp3) is 0.412. The lowest BCUT2D eigenvalue weighted by Crippen LogP contribution is -2.70. The Balaban J connectivity index is 1.90. The number of non-ortho nitro benzene ring substituents is 1. The third kappa shape index (κ3) is 3.04. The van der Waals surface area contributed by atoms with E-state index in [1.165, 1.54) is 36.1 Å². The van der Waals surface area contributed by atoms with Crippen molar-refractivity contribution in [2.45, 2.75) is 37.3 Å². The number of thioether (sulfide) groups is 1. The maximum absolute atomic E-state index is 12.8. The van der Waals surface area contributed by atoms with Crippen LogP contribution in [0.2, 0.25) is 0 Å². The third-order valence-corrected chi connectivity index (χ3v) is 6.80. The van der Waals surface area contributed by atoms with Gasteiger partial charge in [0.05, 0.1) is 14.5 Å². The Morgan fingerprint density at radius 1 is 1.43 bits per heavy atom. The zero-order valence-electron chi connectivity index (χ0n) is 14.9. The Labute approximate surface area is 169 Å². The van der Waals surface area contributed by atoms with E-state index in [1.54, 1.807) is 6.92 Å². The van der Waals surface area contributed by atoms with Crippen molar-refractivity contribution < 1.29 is 29.2 Å². The Bertz CT molecular complexity index is 888. The minimum Gasteiger partial charge on any atom is -0.479 e. The van der Waals surface area contributed by atoms with E-state index in [1.807, 2.05) is 0 Å². The fourth-order valence-corrected chi connectivity index (χ4v) is 5.64. The molecule has 0 bridgehead atoms. The van der Waals surface area contributed by atoms with Crippen LogP contribution in [0.5, 0.6) is 0 Å². The number of esters is 1. The summed E-state index contributed by atoms with van der Waals surface area (Å²) in [5, 5.41) is 20.2. The van der Waals surface area contributed by atoms with Crippen LogP contribution in [0, 0.1) is 16.0 Å². The average Bonchev–Trinajstić information content (AvgIpc) is 2.84. The smallest absolute Gasteiger partial charge is 0.336 e. The zero-order valence-corrected chi connectivity index (χ0v) is 16.5. The Kier molecular flexibility index (Phi) is 5.15. The van der Waals surface area contributed by atoms with Crippen LogP contribution in [0.15, 0.2) is 24.3 Å². The largest absolute Gasteiger partial charge is 0.479 e. The summed E-state index contributed by atoms with van der Waals surface area (Å²) in [6, 6.07) is 5.45. The summed E-state index contributed by atoms with van der Waals surface area (Å²) >= 11 is 6.44. The van der Waals surface area contributed by atoms with Crippen LogP contribution in [-0.2, 0) is 25.5 Å². The summed E-state index contributed by atoms with van der Waals surface area (Å²) in [4.78, 5) is 47.7. The molecule has 2 aliphatic rings. The molecule has 28 heavy (non-hydrogen) atoms. The second kappa shape index (κ2) is 7.13. The van der Waals surface area contributed by atoms with Crippen molar-refractivity contribution in [1.82, 2.24) is 4.90 Å². The second-order valence-corrected chi connectivity index (χ2v) is 8.40. The fourth-order valence-electron chi connectivity index (χ4n) is 3.55. The number of hydrogen-bond donors (Lipinski definition) is 1. The molecule has 1 amide bonds. The average molecular weight is 424 g/mol. The molecular weight excluding hydrogens is 408 g/mol. The van der Waals surface area contributed by atoms with Gasteiger partial charge in [-0.2, -0.15) is 0 Å². The number of rotatable bonds is 6. The standard InChI is InChI=1S/C17H16N2O7S2/c1-8(26-9(2)20)12-13(21)18-14(12)28-16(27)17(18,15(22)23)7-10-3-5-11(6-4-10)19(24)25/h3-6,8,12,14H,7H2,1-2H3,(H,22,23)/t8?,12?,14-,17?/m1/s1. The molecule has 1 N–H and O–H groups in total. The molecule has 2 fully saturated rings. The minimum atomic E-state index is -1.73. The molecule has 0 radical (unpaired) electrons. The van der Waals surface area contributed by atoms with Crippen LogP contribution in [0.1, 0.15) is 19.4 Å². The van der Waals surface area contributed by atoms with Crippen LogP contribution in [-0.4, -0.2) is 54.0 Å². The number of carbonyl (C=O) groups is 3. The first-order valence-electron chi connectivity index (χ1n) is 8.28. The minimum absolute atomic E-state index is 0.108. The Morgan fingerprint density at radius 2 is 2.04 bits per heavy atom. The molecule has 2 saturated heterocycles. The first kappa shape index (κ1) is 20.2. The van der Waals surface area contributed by atoms with Gasteiger partial charge in [-0.25, -0.2) is 4.79 Å². The number of hydrogen-bond acceptors (Lipinski definition) is 8. The summed E-state index contributed by atoms with van der Waals surface area (Å²) in [5.41, 5.74) is -1.35.